The number of carbonyl (C=O) groups excluding carboxylic acids is 1. The van der Waals surface area contributed by atoms with Gasteiger partial charge in [0, 0.05) is 46.3 Å². The molecular weight excluding hydrogens is 519 g/mol. The third kappa shape index (κ3) is 4.93. The van der Waals surface area contributed by atoms with E-state index in [-0.39, 0.29) is 11.7 Å². The maximum Gasteiger partial charge on any atom is 0.224 e. The summed E-state index contributed by atoms with van der Waals surface area (Å²) in [5, 5.41) is 15.7. The van der Waals surface area contributed by atoms with Crippen molar-refractivity contribution in [3.05, 3.63) is 79.3 Å². The molecule has 0 saturated carbocycles. The molecule has 1 amide bonds. The molecule has 0 spiro atoms. The number of nitrogens with zero attached hydrogens (tertiary/aromatic N) is 4. The van der Waals surface area contributed by atoms with Crippen LogP contribution in [-0.2, 0) is 4.79 Å². The molecule has 9 nitrogen and oxygen atoms in total. The molecule has 1 aliphatic heterocycles. The predicted molar refractivity (Wildman–Crippen MR) is 156 cm³/mol. The Balaban J connectivity index is 1.20. The molecule has 0 unspecified atom stereocenters. The summed E-state index contributed by atoms with van der Waals surface area (Å²) < 4.78 is 14.6. The largest absolute Gasteiger partial charge is 0.352 e. The number of halogens is 1. The van der Waals surface area contributed by atoms with Crippen molar-refractivity contribution < 1.29 is 9.18 Å². The molecule has 7 rings (SSSR count). The van der Waals surface area contributed by atoms with Gasteiger partial charge in [0.1, 0.15) is 11.5 Å². The normalized spacial score (nSPS) is 14.1. The van der Waals surface area contributed by atoms with Crippen LogP contribution in [0.15, 0.2) is 73.4 Å². The molecule has 0 radical (unpaired) electrons. The number of rotatable bonds is 6. The Kier molecular flexibility index (Phi) is 6.44. The first kappa shape index (κ1) is 25.0. The number of fused-ring (bicyclic) bond motifs is 2. The molecule has 0 atom stereocenters. The number of amides is 1. The molecule has 0 bridgehead atoms. The molecule has 1 fully saturated rings. The fraction of sp³-hybridized carbons (Fsp3) is 0.194. The van der Waals surface area contributed by atoms with Gasteiger partial charge in [-0.3, -0.25) is 24.8 Å². The summed E-state index contributed by atoms with van der Waals surface area (Å²) in [4.78, 5) is 29.3. The Hall–Kier alpha value is -4.96. The Labute approximate surface area is 234 Å². The van der Waals surface area contributed by atoms with E-state index < -0.39 is 0 Å². The first-order chi connectivity index (χ1) is 20.1. The van der Waals surface area contributed by atoms with Crippen molar-refractivity contribution >= 4 is 33.4 Å². The predicted octanol–water partition coefficient (Wildman–Crippen LogP) is 5.70. The average molecular weight is 547 g/mol. The molecule has 41 heavy (non-hydrogen) atoms. The number of H-pyrrole nitrogens is 2. The summed E-state index contributed by atoms with van der Waals surface area (Å²) in [6.45, 7) is 1.92. The molecule has 6 heterocycles. The van der Waals surface area contributed by atoms with Crippen molar-refractivity contribution in [3.8, 4) is 33.8 Å². The maximum atomic E-state index is 14.6. The van der Waals surface area contributed by atoms with Crippen LogP contribution in [0.3, 0.4) is 0 Å². The van der Waals surface area contributed by atoms with Gasteiger partial charge in [0.15, 0.2) is 0 Å². The lowest BCUT2D eigenvalue weighted by Gasteiger charge is -2.21. The van der Waals surface area contributed by atoms with Gasteiger partial charge in [-0.2, -0.15) is 5.10 Å². The zero-order valence-corrected chi connectivity index (χ0v) is 22.1. The summed E-state index contributed by atoms with van der Waals surface area (Å²) in [5.74, 6) is 0.0995. The van der Waals surface area contributed by atoms with Crippen molar-refractivity contribution in [2.45, 2.75) is 19.3 Å². The highest BCUT2D eigenvalue weighted by Crippen LogP contribution is 2.35. The Morgan fingerprint density at radius 2 is 1.78 bits per heavy atom. The molecule has 5 aromatic heterocycles. The lowest BCUT2D eigenvalue weighted by molar-refractivity contribution is -0.117. The van der Waals surface area contributed by atoms with E-state index in [4.69, 9.17) is 0 Å². The highest BCUT2D eigenvalue weighted by molar-refractivity contribution is 6.01. The smallest absolute Gasteiger partial charge is 0.224 e. The third-order valence-corrected chi connectivity index (χ3v) is 7.66. The van der Waals surface area contributed by atoms with E-state index in [0.29, 0.717) is 40.5 Å². The zero-order chi connectivity index (χ0) is 27.8. The van der Waals surface area contributed by atoms with Crippen molar-refractivity contribution in [2.24, 2.45) is 5.92 Å². The molecule has 4 N–H and O–H groups in total. The molecule has 1 aliphatic rings. The number of aromatic amines is 2. The van der Waals surface area contributed by atoms with Gasteiger partial charge in [0.2, 0.25) is 5.91 Å². The van der Waals surface area contributed by atoms with Crippen LogP contribution in [0.5, 0.6) is 0 Å². The van der Waals surface area contributed by atoms with Crippen LogP contribution in [0.4, 0.5) is 10.1 Å². The number of anilines is 1. The Morgan fingerprint density at radius 3 is 2.66 bits per heavy atom. The third-order valence-electron chi connectivity index (χ3n) is 7.66. The van der Waals surface area contributed by atoms with Gasteiger partial charge >= 0.3 is 0 Å². The number of hydrogen-bond donors (Lipinski definition) is 4. The van der Waals surface area contributed by atoms with Crippen LogP contribution in [0.25, 0.3) is 55.6 Å². The number of pyridine rings is 3. The SMILES string of the molecule is O=C(CC1CCNCC1)Nc1cncc(-c2cc3c(-c4cc5c(-c6ccccc6F)cncc5[nH]4)n[nH]c3cn2)c1. The fourth-order valence-electron chi connectivity index (χ4n) is 5.56. The first-order valence-electron chi connectivity index (χ1n) is 13.6. The van der Waals surface area contributed by atoms with E-state index in [9.17, 15) is 9.18 Å². The molecular formula is C31H27FN8O. The topological polar surface area (TPSA) is 124 Å². The van der Waals surface area contributed by atoms with Crippen LogP contribution in [0.2, 0.25) is 0 Å². The minimum absolute atomic E-state index is 0.000522. The van der Waals surface area contributed by atoms with Crippen molar-refractivity contribution in [1.29, 1.82) is 0 Å². The number of benzene rings is 1. The second kappa shape index (κ2) is 10.5. The summed E-state index contributed by atoms with van der Waals surface area (Å²) in [7, 11) is 0. The van der Waals surface area contributed by atoms with Crippen LogP contribution in [-0.4, -0.2) is 49.1 Å². The van der Waals surface area contributed by atoms with Crippen molar-refractivity contribution in [3.63, 3.8) is 0 Å². The number of carbonyl (C=O) groups is 1. The van der Waals surface area contributed by atoms with E-state index >= 15 is 0 Å². The number of hydrogen-bond acceptors (Lipinski definition) is 6. The van der Waals surface area contributed by atoms with Gasteiger partial charge in [0.25, 0.3) is 0 Å². The van der Waals surface area contributed by atoms with Gasteiger partial charge in [-0.25, -0.2) is 4.39 Å². The number of nitrogens with one attached hydrogen (secondary N) is 4. The monoisotopic (exact) mass is 546 g/mol. The van der Waals surface area contributed by atoms with E-state index in [2.05, 4.69) is 40.8 Å². The molecule has 6 aromatic rings. The molecule has 204 valence electrons. The number of aromatic nitrogens is 6. The highest BCUT2D eigenvalue weighted by atomic mass is 19.1. The lowest BCUT2D eigenvalue weighted by atomic mass is 9.94. The van der Waals surface area contributed by atoms with Crippen LogP contribution < -0.4 is 10.6 Å². The van der Waals surface area contributed by atoms with Crippen molar-refractivity contribution in [1.82, 2.24) is 35.5 Å². The minimum atomic E-state index is -0.302. The summed E-state index contributed by atoms with van der Waals surface area (Å²) in [6, 6.07) is 12.5. The van der Waals surface area contributed by atoms with Gasteiger partial charge in [-0.05, 0) is 56.1 Å². The van der Waals surface area contributed by atoms with E-state index in [1.807, 2.05) is 24.3 Å². The molecule has 1 aromatic carbocycles. The number of piperidine rings is 1. The molecule has 1 saturated heterocycles. The van der Waals surface area contributed by atoms with E-state index in [1.54, 1.807) is 43.1 Å². The summed E-state index contributed by atoms with van der Waals surface area (Å²) in [6.07, 6.45) is 11.0. The Bertz CT molecular complexity index is 1890. The summed E-state index contributed by atoms with van der Waals surface area (Å²) >= 11 is 0. The second-order valence-corrected chi connectivity index (χ2v) is 10.4. The first-order valence-corrected chi connectivity index (χ1v) is 13.6. The minimum Gasteiger partial charge on any atom is -0.352 e. The van der Waals surface area contributed by atoms with Gasteiger partial charge < -0.3 is 15.6 Å². The standard InChI is InChI=1S/C31H27FN8O/c32-25-4-2-1-3-21(25)24-15-35-16-28-22(24)11-27(38-28)31-23-12-26(36-17-29(23)39-40-31)19-10-20(14-34-13-19)37-30(41)9-18-5-7-33-8-6-18/h1-4,10-18,33,38H,5-9H2,(H,37,41)(H,39,40). The molecule has 10 heteroatoms. The van der Waals surface area contributed by atoms with Crippen LogP contribution in [0, 0.1) is 11.7 Å². The van der Waals surface area contributed by atoms with Crippen molar-refractivity contribution in [2.75, 3.05) is 18.4 Å². The highest BCUT2D eigenvalue weighted by Gasteiger charge is 2.18. The lowest BCUT2D eigenvalue weighted by Crippen LogP contribution is -2.30. The maximum absolute atomic E-state index is 14.6. The fourth-order valence-corrected chi connectivity index (χ4v) is 5.56. The van der Waals surface area contributed by atoms with E-state index in [1.165, 1.54) is 6.07 Å². The van der Waals surface area contributed by atoms with Crippen LogP contribution in [0.1, 0.15) is 19.3 Å². The molecule has 0 aliphatic carbocycles. The quantitative estimate of drug-likeness (QED) is 0.213. The zero-order valence-electron chi connectivity index (χ0n) is 22.1. The van der Waals surface area contributed by atoms with Crippen LogP contribution >= 0.6 is 0 Å². The Morgan fingerprint density at radius 1 is 0.927 bits per heavy atom. The van der Waals surface area contributed by atoms with Gasteiger partial charge in [-0.15, -0.1) is 0 Å². The van der Waals surface area contributed by atoms with Gasteiger partial charge in [-0.1, -0.05) is 18.2 Å². The average Bonchev–Trinajstić information content (AvgIpc) is 3.62. The second-order valence-electron chi connectivity index (χ2n) is 10.4. The van der Waals surface area contributed by atoms with E-state index in [0.717, 1.165) is 59.0 Å². The van der Waals surface area contributed by atoms with Gasteiger partial charge in [0.05, 0.1) is 46.7 Å². The summed E-state index contributed by atoms with van der Waals surface area (Å²) in [5.41, 5.74) is 6.34.